The predicted octanol–water partition coefficient (Wildman–Crippen LogP) is 2.31. The van der Waals surface area contributed by atoms with Gasteiger partial charge in [-0.05, 0) is 24.1 Å². The first-order chi connectivity index (χ1) is 9.07. The minimum absolute atomic E-state index is 0.384. The molecule has 0 saturated carbocycles. The van der Waals surface area contributed by atoms with Crippen LogP contribution in [0.15, 0.2) is 48.5 Å². The zero-order valence-electron chi connectivity index (χ0n) is 10.3. The van der Waals surface area contributed by atoms with Crippen molar-refractivity contribution < 1.29 is 12.6 Å². The molecule has 0 aliphatic carbocycles. The van der Waals surface area contributed by atoms with Crippen LogP contribution in [0.4, 0.5) is 0 Å². The van der Waals surface area contributed by atoms with Gasteiger partial charge >= 0.3 is 10.3 Å². The number of para-hydroxylation sites is 1. The number of rotatable bonds is 1. The third kappa shape index (κ3) is 2.22. The van der Waals surface area contributed by atoms with E-state index in [1.54, 1.807) is 12.1 Å². The first-order valence-electron chi connectivity index (χ1n) is 5.93. The van der Waals surface area contributed by atoms with E-state index in [9.17, 15) is 8.42 Å². The minimum atomic E-state index is -3.76. The molecule has 0 fully saturated rings. The average Bonchev–Trinajstić information content (AvgIpc) is 2.37. The molecule has 0 bridgehead atoms. The van der Waals surface area contributed by atoms with Crippen molar-refractivity contribution >= 4 is 10.3 Å². The van der Waals surface area contributed by atoms with Gasteiger partial charge in [0.05, 0.1) is 6.04 Å². The molecule has 1 N–H and O–H groups in total. The number of hydrogen-bond acceptors (Lipinski definition) is 3. The van der Waals surface area contributed by atoms with E-state index in [1.807, 2.05) is 43.3 Å². The van der Waals surface area contributed by atoms with Gasteiger partial charge in [0.15, 0.2) is 0 Å². The molecule has 19 heavy (non-hydrogen) atoms. The van der Waals surface area contributed by atoms with Gasteiger partial charge in [-0.2, -0.15) is 13.1 Å². The third-order valence-electron chi connectivity index (χ3n) is 3.19. The molecule has 0 radical (unpaired) electrons. The van der Waals surface area contributed by atoms with E-state index in [0.29, 0.717) is 5.75 Å². The summed E-state index contributed by atoms with van der Waals surface area (Å²) in [4.78, 5) is 0. The topological polar surface area (TPSA) is 55.4 Å². The van der Waals surface area contributed by atoms with Crippen LogP contribution >= 0.6 is 0 Å². The zero-order valence-corrected chi connectivity index (χ0v) is 11.1. The lowest BCUT2D eigenvalue weighted by atomic mass is 9.95. The maximum atomic E-state index is 11.8. The Bertz CT molecular complexity index is 725. The van der Waals surface area contributed by atoms with Crippen molar-refractivity contribution in [2.75, 3.05) is 0 Å². The van der Waals surface area contributed by atoms with Gasteiger partial charge < -0.3 is 4.18 Å². The standard InChI is InChI=1S/C14H13NO3S/c1-10-6-2-3-7-11(10)14-12-8-4-5-9-13(12)18-19(16,17)15-14/h2-9,14-15H,1H3. The lowest BCUT2D eigenvalue weighted by Gasteiger charge is -2.27. The molecule has 5 heteroatoms. The molecule has 0 spiro atoms. The monoisotopic (exact) mass is 275 g/mol. The van der Waals surface area contributed by atoms with Gasteiger partial charge in [-0.15, -0.1) is 0 Å². The van der Waals surface area contributed by atoms with E-state index in [2.05, 4.69) is 4.72 Å². The van der Waals surface area contributed by atoms with Crippen molar-refractivity contribution in [3.63, 3.8) is 0 Å². The largest absolute Gasteiger partial charge is 0.383 e. The molecule has 0 aromatic heterocycles. The molecule has 1 aliphatic rings. The number of benzene rings is 2. The summed E-state index contributed by atoms with van der Waals surface area (Å²) < 4.78 is 31.1. The molecule has 3 rings (SSSR count). The molecule has 1 heterocycles. The number of hydrogen-bond donors (Lipinski definition) is 1. The smallest absolute Gasteiger partial charge is 0.371 e. The SMILES string of the molecule is Cc1ccccc1C1NS(=O)(=O)Oc2ccccc21. The summed E-state index contributed by atoms with van der Waals surface area (Å²) in [7, 11) is -3.76. The second-order valence-electron chi connectivity index (χ2n) is 4.48. The Morgan fingerprint density at radius 1 is 1.00 bits per heavy atom. The van der Waals surface area contributed by atoms with Crippen molar-refractivity contribution in [3.8, 4) is 5.75 Å². The van der Waals surface area contributed by atoms with Crippen LogP contribution in [-0.4, -0.2) is 8.42 Å². The summed E-state index contributed by atoms with van der Waals surface area (Å²) in [6, 6.07) is 14.5. The maximum absolute atomic E-state index is 11.8. The highest BCUT2D eigenvalue weighted by atomic mass is 32.2. The summed E-state index contributed by atoms with van der Waals surface area (Å²) >= 11 is 0. The summed E-state index contributed by atoms with van der Waals surface area (Å²) in [6.45, 7) is 1.96. The summed E-state index contributed by atoms with van der Waals surface area (Å²) in [5.41, 5.74) is 2.79. The van der Waals surface area contributed by atoms with Crippen molar-refractivity contribution in [2.45, 2.75) is 13.0 Å². The summed E-state index contributed by atoms with van der Waals surface area (Å²) in [6.07, 6.45) is 0. The van der Waals surface area contributed by atoms with Crippen LogP contribution < -0.4 is 8.91 Å². The third-order valence-corrected chi connectivity index (χ3v) is 4.11. The second-order valence-corrected chi connectivity index (χ2v) is 5.79. The van der Waals surface area contributed by atoms with Gasteiger partial charge in [0.25, 0.3) is 0 Å². The molecule has 4 nitrogen and oxygen atoms in total. The van der Waals surface area contributed by atoms with Crippen LogP contribution in [0.25, 0.3) is 0 Å². The van der Waals surface area contributed by atoms with Gasteiger partial charge in [-0.1, -0.05) is 42.5 Å². The van der Waals surface area contributed by atoms with Crippen LogP contribution in [-0.2, 0) is 10.3 Å². The highest BCUT2D eigenvalue weighted by Crippen LogP contribution is 2.35. The molecule has 1 aliphatic heterocycles. The molecular weight excluding hydrogens is 262 g/mol. The first kappa shape index (κ1) is 12.2. The van der Waals surface area contributed by atoms with Gasteiger partial charge in [0.1, 0.15) is 5.75 Å². The number of aryl methyl sites for hydroxylation is 1. The predicted molar refractivity (Wildman–Crippen MR) is 72.1 cm³/mol. The lowest BCUT2D eigenvalue weighted by Crippen LogP contribution is -2.37. The first-order valence-corrected chi connectivity index (χ1v) is 7.34. The maximum Gasteiger partial charge on any atom is 0.383 e. The zero-order chi connectivity index (χ0) is 13.5. The Hall–Kier alpha value is -1.85. The molecule has 2 aromatic rings. The number of nitrogens with one attached hydrogen (secondary N) is 1. The highest BCUT2D eigenvalue weighted by Gasteiger charge is 2.31. The molecule has 1 atom stereocenters. The molecule has 0 saturated heterocycles. The fourth-order valence-corrected chi connectivity index (χ4v) is 3.27. The molecule has 2 aromatic carbocycles. The normalized spacial score (nSPS) is 20.4. The number of fused-ring (bicyclic) bond motifs is 1. The van der Waals surface area contributed by atoms with Crippen LogP contribution in [0.3, 0.4) is 0 Å². The summed E-state index contributed by atoms with van der Waals surface area (Å²) in [5.74, 6) is 0.384. The fourth-order valence-electron chi connectivity index (χ4n) is 2.29. The second kappa shape index (κ2) is 4.36. The highest BCUT2D eigenvalue weighted by molar-refractivity contribution is 7.85. The Kier molecular flexibility index (Phi) is 2.80. The Balaban J connectivity index is 2.19. The van der Waals surface area contributed by atoms with E-state index >= 15 is 0 Å². The molecule has 0 amide bonds. The fraction of sp³-hybridized carbons (Fsp3) is 0.143. The van der Waals surface area contributed by atoms with Crippen LogP contribution in [0.5, 0.6) is 5.75 Å². The minimum Gasteiger partial charge on any atom is -0.371 e. The summed E-state index contributed by atoms with van der Waals surface area (Å²) in [5, 5.41) is 0. The molecular formula is C14H13NO3S. The van der Waals surface area contributed by atoms with E-state index in [1.165, 1.54) is 0 Å². The Morgan fingerprint density at radius 3 is 2.37 bits per heavy atom. The van der Waals surface area contributed by atoms with Crippen molar-refractivity contribution in [2.24, 2.45) is 0 Å². The average molecular weight is 275 g/mol. The quantitative estimate of drug-likeness (QED) is 0.869. The van der Waals surface area contributed by atoms with Gasteiger partial charge in [-0.25, -0.2) is 0 Å². The van der Waals surface area contributed by atoms with Crippen molar-refractivity contribution in [1.82, 2.24) is 4.72 Å². The van der Waals surface area contributed by atoms with E-state index < -0.39 is 16.3 Å². The van der Waals surface area contributed by atoms with E-state index in [-0.39, 0.29) is 0 Å². The van der Waals surface area contributed by atoms with Crippen molar-refractivity contribution in [3.05, 3.63) is 65.2 Å². The Morgan fingerprint density at radius 2 is 1.63 bits per heavy atom. The lowest BCUT2D eigenvalue weighted by molar-refractivity contribution is 0.441. The van der Waals surface area contributed by atoms with Gasteiger partial charge in [-0.3, -0.25) is 0 Å². The van der Waals surface area contributed by atoms with Crippen LogP contribution in [0, 0.1) is 6.92 Å². The van der Waals surface area contributed by atoms with Crippen molar-refractivity contribution in [1.29, 1.82) is 0 Å². The molecule has 98 valence electrons. The van der Waals surface area contributed by atoms with Crippen LogP contribution in [0.1, 0.15) is 22.7 Å². The van der Waals surface area contributed by atoms with Crippen LogP contribution in [0.2, 0.25) is 0 Å². The van der Waals surface area contributed by atoms with E-state index in [0.717, 1.165) is 16.7 Å². The van der Waals surface area contributed by atoms with Gasteiger partial charge in [0.2, 0.25) is 0 Å². The van der Waals surface area contributed by atoms with Gasteiger partial charge in [0, 0.05) is 5.56 Å². The Labute approximate surface area is 112 Å². The molecule has 1 unspecified atom stereocenters. The van der Waals surface area contributed by atoms with E-state index in [4.69, 9.17) is 4.18 Å².